The van der Waals surface area contributed by atoms with Crippen molar-refractivity contribution in [3.8, 4) is 0 Å². The molecule has 0 N–H and O–H groups in total. The van der Waals surface area contributed by atoms with E-state index in [1.807, 2.05) is 24.3 Å². The summed E-state index contributed by atoms with van der Waals surface area (Å²) in [6.45, 7) is 0.441. The molecule has 0 radical (unpaired) electrons. The molecule has 21 heavy (non-hydrogen) atoms. The van der Waals surface area contributed by atoms with Gasteiger partial charge in [0.25, 0.3) is 5.91 Å². The minimum absolute atomic E-state index is 0.0116. The lowest BCUT2D eigenvalue weighted by Gasteiger charge is -2.27. The second-order valence-corrected chi connectivity index (χ2v) is 7.61. The first kappa shape index (κ1) is 14.3. The van der Waals surface area contributed by atoms with Crippen LogP contribution < -0.4 is 0 Å². The third-order valence-electron chi connectivity index (χ3n) is 3.61. The Morgan fingerprint density at radius 2 is 1.76 bits per heavy atom. The second kappa shape index (κ2) is 5.27. The van der Waals surface area contributed by atoms with E-state index in [2.05, 4.69) is 4.98 Å². The molecule has 110 valence electrons. The number of benzene rings is 1. The average Bonchev–Trinajstić information content (AvgIpc) is 2.47. The van der Waals surface area contributed by atoms with E-state index in [1.165, 1.54) is 6.20 Å². The molecule has 2 heterocycles. The Morgan fingerprint density at radius 1 is 1.14 bits per heavy atom. The summed E-state index contributed by atoms with van der Waals surface area (Å²) in [5.74, 6) is -0.180. The number of hydrogen-bond donors (Lipinski definition) is 0. The predicted molar refractivity (Wildman–Crippen MR) is 81.3 cm³/mol. The number of nitrogens with zero attached hydrogens (tertiary/aromatic N) is 2. The number of rotatable bonds is 1. The number of carbonyl (C=O) groups is 1. The summed E-state index contributed by atoms with van der Waals surface area (Å²) >= 11 is 6.04. The maximum atomic E-state index is 12.6. The van der Waals surface area contributed by atoms with Gasteiger partial charge in [-0.3, -0.25) is 4.79 Å². The molecule has 0 saturated carbocycles. The van der Waals surface area contributed by atoms with Crippen LogP contribution in [0.4, 0.5) is 0 Å². The first-order valence-electron chi connectivity index (χ1n) is 6.51. The molecule has 1 fully saturated rings. The van der Waals surface area contributed by atoms with Gasteiger partial charge >= 0.3 is 0 Å². The standard InChI is InChI=1S/C14H13ClN2O3S/c15-13-11-4-2-1-3-10(11)12(9-16-13)14(18)17-5-7-21(19,20)8-6-17/h1-4,9H,5-8H2. The first-order valence-corrected chi connectivity index (χ1v) is 8.71. The number of pyridine rings is 1. The summed E-state index contributed by atoms with van der Waals surface area (Å²) in [7, 11) is -3.01. The summed E-state index contributed by atoms with van der Waals surface area (Å²) in [4.78, 5) is 18.2. The molecule has 0 atom stereocenters. The molecule has 1 amide bonds. The van der Waals surface area contributed by atoms with Crippen LogP contribution in [-0.2, 0) is 9.84 Å². The molecule has 0 aliphatic carbocycles. The molecule has 7 heteroatoms. The van der Waals surface area contributed by atoms with Crippen LogP contribution in [0.2, 0.25) is 5.15 Å². The van der Waals surface area contributed by atoms with Gasteiger partial charge in [-0.2, -0.15) is 0 Å². The first-order chi connectivity index (χ1) is 9.98. The zero-order valence-corrected chi connectivity index (χ0v) is 12.7. The Hall–Kier alpha value is -1.66. The smallest absolute Gasteiger partial charge is 0.256 e. The quantitative estimate of drug-likeness (QED) is 0.750. The third kappa shape index (κ3) is 2.73. The van der Waals surface area contributed by atoms with E-state index in [1.54, 1.807) is 4.90 Å². The van der Waals surface area contributed by atoms with Crippen molar-refractivity contribution in [3.05, 3.63) is 41.2 Å². The van der Waals surface area contributed by atoms with Gasteiger partial charge in [-0.1, -0.05) is 35.9 Å². The van der Waals surface area contributed by atoms with Crippen LogP contribution in [-0.4, -0.2) is 48.8 Å². The molecular weight excluding hydrogens is 312 g/mol. The van der Waals surface area contributed by atoms with E-state index in [4.69, 9.17) is 11.6 Å². The van der Waals surface area contributed by atoms with Crippen molar-refractivity contribution in [2.75, 3.05) is 24.6 Å². The Balaban J connectivity index is 1.98. The number of halogens is 1. The highest BCUT2D eigenvalue weighted by atomic mass is 35.5. The zero-order valence-electron chi connectivity index (χ0n) is 11.1. The van der Waals surface area contributed by atoms with Crippen molar-refractivity contribution in [1.29, 1.82) is 0 Å². The van der Waals surface area contributed by atoms with Crippen LogP contribution >= 0.6 is 11.6 Å². The zero-order chi connectivity index (χ0) is 15.0. The minimum Gasteiger partial charge on any atom is -0.337 e. The lowest BCUT2D eigenvalue weighted by molar-refractivity contribution is 0.0772. The van der Waals surface area contributed by atoms with Gasteiger partial charge < -0.3 is 4.90 Å². The lowest BCUT2D eigenvalue weighted by Crippen LogP contribution is -2.43. The predicted octanol–water partition coefficient (Wildman–Crippen LogP) is 1.76. The summed E-state index contributed by atoms with van der Waals surface area (Å²) in [6, 6.07) is 7.28. The molecule has 5 nitrogen and oxygen atoms in total. The van der Waals surface area contributed by atoms with E-state index >= 15 is 0 Å². The van der Waals surface area contributed by atoms with Crippen LogP contribution in [0.15, 0.2) is 30.5 Å². The van der Waals surface area contributed by atoms with Gasteiger partial charge in [0.1, 0.15) is 5.15 Å². The molecule has 1 aliphatic heterocycles. The Kier molecular flexibility index (Phi) is 3.59. The number of aromatic nitrogens is 1. The Morgan fingerprint density at radius 3 is 2.43 bits per heavy atom. The highest BCUT2D eigenvalue weighted by Crippen LogP contribution is 2.25. The van der Waals surface area contributed by atoms with Gasteiger partial charge in [0.05, 0.1) is 17.1 Å². The largest absolute Gasteiger partial charge is 0.337 e. The van der Waals surface area contributed by atoms with Gasteiger partial charge in [-0.15, -0.1) is 0 Å². The molecule has 1 aromatic carbocycles. The fourth-order valence-corrected chi connectivity index (χ4v) is 3.83. The SMILES string of the molecule is O=C(c1cnc(Cl)c2ccccc12)N1CCS(=O)(=O)CC1. The maximum absolute atomic E-state index is 12.6. The highest BCUT2D eigenvalue weighted by molar-refractivity contribution is 7.91. The third-order valence-corrected chi connectivity index (χ3v) is 5.52. The number of hydrogen-bond acceptors (Lipinski definition) is 4. The normalized spacial score (nSPS) is 17.9. The second-order valence-electron chi connectivity index (χ2n) is 4.95. The highest BCUT2D eigenvalue weighted by Gasteiger charge is 2.26. The molecule has 0 bridgehead atoms. The van der Waals surface area contributed by atoms with Gasteiger partial charge in [0.15, 0.2) is 9.84 Å². The molecule has 3 rings (SSSR count). The molecular formula is C14H13ClN2O3S. The lowest BCUT2D eigenvalue weighted by atomic mass is 10.1. The number of fused-ring (bicyclic) bond motifs is 1. The number of carbonyl (C=O) groups excluding carboxylic acids is 1. The summed E-state index contributed by atoms with van der Waals surface area (Å²) in [6.07, 6.45) is 1.45. The van der Waals surface area contributed by atoms with Crippen molar-refractivity contribution in [3.63, 3.8) is 0 Å². The van der Waals surface area contributed by atoms with Gasteiger partial charge in [0.2, 0.25) is 0 Å². The molecule has 1 aliphatic rings. The van der Waals surface area contributed by atoms with Crippen LogP contribution in [0.25, 0.3) is 10.8 Å². The summed E-state index contributed by atoms with van der Waals surface area (Å²) < 4.78 is 22.9. The molecule has 0 unspecified atom stereocenters. The van der Waals surface area contributed by atoms with E-state index in [0.717, 1.165) is 10.8 Å². The van der Waals surface area contributed by atoms with Crippen LogP contribution in [0.1, 0.15) is 10.4 Å². The monoisotopic (exact) mass is 324 g/mol. The molecule has 1 aromatic heterocycles. The minimum atomic E-state index is -3.01. The summed E-state index contributed by atoms with van der Waals surface area (Å²) in [5.41, 5.74) is 0.453. The number of amides is 1. The Labute approximate surface area is 127 Å². The average molecular weight is 325 g/mol. The summed E-state index contributed by atoms with van der Waals surface area (Å²) in [5, 5.41) is 1.80. The Bertz CT molecular complexity index is 806. The molecule has 1 saturated heterocycles. The van der Waals surface area contributed by atoms with Crippen molar-refractivity contribution in [2.45, 2.75) is 0 Å². The molecule has 2 aromatic rings. The van der Waals surface area contributed by atoms with Crippen molar-refractivity contribution < 1.29 is 13.2 Å². The topological polar surface area (TPSA) is 67.3 Å². The van der Waals surface area contributed by atoms with E-state index in [9.17, 15) is 13.2 Å². The maximum Gasteiger partial charge on any atom is 0.256 e. The van der Waals surface area contributed by atoms with Crippen LogP contribution in [0.3, 0.4) is 0 Å². The van der Waals surface area contributed by atoms with E-state index in [0.29, 0.717) is 10.7 Å². The number of sulfone groups is 1. The van der Waals surface area contributed by atoms with Gasteiger partial charge in [0, 0.05) is 24.7 Å². The van der Waals surface area contributed by atoms with Gasteiger partial charge in [-0.25, -0.2) is 13.4 Å². The van der Waals surface area contributed by atoms with E-state index < -0.39 is 9.84 Å². The van der Waals surface area contributed by atoms with Crippen LogP contribution in [0.5, 0.6) is 0 Å². The van der Waals surface area contributed by atoms with Crippen molar-refractivity contribution in [1.82, 2.24) is 9.88 Å². The van der Waals surface area contributed by atoms with Crippen molar-refractivity contribution in [2.24, 2.45) is 0 Å². The fourth-order valence-electron chi connectivity index (χ4n) is 2.41. The van der Waals surface area contributed by atoms with E-state index in [-0.39, 0.29) is 30.5 Å². The van der Waals surface area contributed by atoms with Crippen LogP contribution in [0, 0.1) is 0 Å². The van der Waals surface area contributed by atoms with Crippen molar-refractivity contribution >= 4 is 38.1 Å². The van der Waals surface area contributed by atoms with Gasteiger partial charge in [-0.05, 0) is 5.39 Å². The fraction of sp³-hybridized carbons (Fsp3) is 0.286. The molecule has 0 spiro atoms.